The lowest BCUT2D eigenvalue weighted by Crippen LogP contribution is -2.46. The number of aryl methyl sites for hydroxylation is 1. The second-order valence-corrected chi connectivity index (χ2v) is 10.5. The number of benzene rings is 2. The predicted molar refractivity (Wildman–Crippen MR) is 136 cm³/mol. The minimum absolute atomic E-state index is 0.0336. The molecule has 1 aliphatic rings. The summed E-state index contributed by atoms with van der Waals surface area (Å²) in [5.74, 6) is -1.51. The van der Waals surface area contributed by atoms with Crippen LogP contribution in [-0.2, 0) is 11.8 Å². The third kappa shape index (κ3) is 4.85. The molecule has 9 nitrogen and oxygen atoms in total. The van der Waals surface area contributed by atoms with E-state index in [4.69, 9.17) is 16.3 Å². The lowest BCUT2D eigenvalue weighted by atomic mass is 9.98. The van der Waals surface area contributed by atoms with Gasteiger partial charge in [0.05, 0.1) is 20.1 Å². The van der Waals surface area contributed by atoms with Crippen LogP contribution in [0.15, 0.2) is 34.3 Å². The zero-order valence-corrected chi connectivity index (χ0v) is 22.1. The molecule has 1 aromatic heterocycles. The summed E-state index contributed by atoms with van der Waals surface area (Å²) >= 11 is 9.40. The standard InChI is InChI=1S/C24H21BrClFN4O5/c1-24(2,3)36-23(33)30-10-12(11-30)7-17-15-9-18(31(34)35)19(20(25)21(15)28-29(17)4)22(32)14-8-13(27)5-6-16(14)26/h5-9H,10-11H2,1-4H3. The lowest BCUT2D eigenvalue weighted by molar-refractivity contribution is -0.385. The highest BCUT2D eigenvalue weighted by molar-refractivity contribution is 9.10. The van der Waals surface area contributed by atoms with E-state index in [1.54, 1.807) is 33.9 Å². The minimum Gasteiger partial charge on any atom is -0.444 e. The number of aromatic nitrogens is 2. The van der Waals surface area contributed by atoms with Gasteiger partial charge in [0.1, 0.15) is 22.5 Å². The maximum Gasteiger partial charge on any atom is 0.410 e. The molecular formula is C24H21BrClFN4O5. The number of hydrogen-bond donors (Lipinski definition) is 0. The molecule has 0 aliphatic carbocycles. The summed E-state index contributed by atoms with van der Waals surface area (Å²) in [7, 11) is 1.67. The molecular weight excluding hydrogens is 559 g/mol. The third-order valence-corrected chi connectivity index (χ3v) is 6.57. The highest BCUT2D eigenvalue weighted by Gasteiger charge is 2.32. The maximum atomic E-state index is 13.8. The number of ketones is 1. The number of likely N-dealkylation sites (tertiary alicyclic amines) is 1. The smallest absolute Gasteiger partial charge is 0.410 e. The molecule has 36 heavy (non-hydrogen) atoms. The van der Waals surface area contributed by atoms with Crippen molar-refractivity contribution in [1.29, 1.82) is 0 Å². The van der Waals surface area contributed by atoms with Gasteiger partial charge in [0, 0.05) is 37.2 Å². The minimum atomic E-state index is -0.808. The Morgan fingerprint density at radius 1 is 1.28 bits per heavy atom. The van der Waals surface area contributed by atoms with Crippen LogP contribution in [0, 0.1) is 15.9 Å². The number of halogens is 3. The summed E-state index contributed by atoms with van der Waals surface area (Å²) in [5, 5.41) is 16.8. The molecule has 0 N–H and O–H groups in total. The Hall–Kier alpha value is -3.31. The van der Waals surface area contributed by atoms with Gasteiger partial charge in [-0.3, -0.25) is 19.6 Å². The van der Waals surface area contributed by atoms with E-state index >= 15 is 0 Å². The first-order valence-electron chi connectivity index (χ1n) is 10.8. The fourth-order valence-corrected chi connectivity index (χ4v) is 4.70. The van der Waals surface area contributed by atoms with Crippen LogP contribution >= 0.6 is 27.5 Å². The van der Waals surface area contributed by atoms with E-state index in [0.717, 1.165) is 17.7 Å². The number of nitro groups is 1. The van der Waals surface area contributed by atoms with Crippen LogP contribution in [0.3, 0.4) is 0 Å². The van der Waals surface area contributed by atoms with E-state index in [1.807, 2.05) is 0 Å². The molecule has 2 heterocycles. The summed E-state index contributed by atoms with van der Waals surface area (Å²) in [5.41, 5.74) is 0.217. The van der Waals surface area contributed by atoms with E-state index in [-0.39, 0.29) is 20.6 Å². The SMILES string of the molecule is Cn1nc2c(Br)c(C(=O)c3cc(F)ccc3Cl)c([N+](=O)[O-])cc2c1C=C1CN(C(=O)OC(C)(C)C)C1. The summed E-state index contributed by atoms with van der Waals surface area (Å²) in [6, 6.07) is 4.51. The molecule has 4 rings (SSSR count). The molecule has 0 radical (unpaired) electrons. The summed E-state index contributed by atoms with van der Waals surface area (Å²) in [4.78, 5) is 38.3. The van der Waals surface area contributed by atoms with Crippen molar-refractivity contribution in [1.82, 2.24) is 14.7 Å². The average molecular weight is 580 g/mol. The largest absolute Gasteiger partial charge is 0.444 e. The molecule has 188 valence electrons. The van der Waals surface area contributed by atoms with Gasteiger partial charge in [-0.05, 0) is 66.5 Å². The van der Waals surface area contributed by atoms with E-state index in [9.17, 15) is 24.1 Å². The molecule has 0 unspecified atom stereocenters. The van der Waals surface area contributed by atoms with Gasteiger partial charge in [0.15, 0.2) is 0 Å². The van der Waals surface area contributed by atoms with Crippen molar-refractivity contribution in [3.63, 3.8) is 0 Å². The summed E-state index contributed by atoms with van der Waals surface area (Å²) in [6.45, 7) is 6.05. The molecule has 12 heteroatoms. The van der Waals surface area contributed by atoms with Crippen molar-refractivity contribution >= 4 is 62.1 Å². The molecule has 3 aromatic rings. The van der Waals surface area contributed by atoms with Gasteiger partial charge in [-0.15, -0.1) is 0 Å². The number of rotatable bonds is 4. The zero-order valence-electron chi connectivity index (χ0n) is 19.8. The average Bonchev–Trinajstić information content (AvgIpc) is 3.05. The Bertz CT molecular complexity index is 1470. The van der Waals surface area contributed by atoms with Crippen molar-refractivity contribution in [3.8, 4) is 0 Å². The quantitative estimate of drug-likeness (QED) is 0.216. The number of carbonyl (C=O) groups is 2. The lowest BCUT2D eigenvalue weighted by Gasteiger charge is -2.35. The van der Waals surface area contributed by atoms with E-state index in [2.05, 4.69) is 21.0 Å². The van der Waals surface area contributed by atoms with Crippen molar-refractivity contribution in [2.45, 2.75) is 26.4 Å². The van der Waals surface area contributed by atoms with Crippen LogP contribution < -0.4 is 0 Å². The van der Waals surface area contributed by atoms with Crippen molar-refractivity contribution in [2.75, 3.05) is 13.1 Å². The number of nitrogens with zero attached hydrogens (tertiary/aromatic N) is 4. The van der Waals surface area contributed by atoms with Crippen LogP contribution in [0.5, 0.6) is 0 Å². The summed E-state index contributed by atoms with van der Waals surface area (Å²) in [6.07, 6.45) is 1.38. The van der Waals surface area contributed by atoms with Gasteiger partial charge >= 0.3 is 6.09 Å². The number of carbonyl (C=O) groups excluding carboxylic acids is 2. The molecule has 0 spiro atoms. The highest BCUT2D eigenvalue weighted by Crippen LogP contribution is 2.39. The maximum absolute atomic E-state index is 13.8. The normalized spacial score (nSPS) is 13.5. The molecule has 1 saturated heterocycles. The molecule has 0 atom stereocenters. The number of amides is 1. The molecule has 0 saturated carbocycles. The van der Waals surface area contributed by atoms with Gasteiger partial charge in [-0.2, -0.15) is 5.10 Å². The Morgan fingerprint density at radius 2 is 1.94 bits per heavy atom. The van der Waals surface area contributed by atoms with E-state index in [1.165, 1.54) is 21.7 Å². The van der Waals surface area contributed by atoms with Crippen LogP contribution in [0.25, 0.3) is 17.0 Å². The number of nitro benzene ring substituents is 1. The Balaban J connectivity index is 1.75. The van der Waals surface area contributed by atoms with Crippen molar-refractivity contribution < 1.29 is 23.6 Å². The highest BCUT2D eigenvalue weighted by atomic mass is 79.9. The topological polar surface area (TPSA) is 108 Å². The molecule has 2 aromatic carbocycles. The Labute approximate surface area is 218 Å². The molecule has 1 fully saturated rings. The zero-order chi connectivity index (χ0) is 26.5. The van der Waals surface area contributed by atoms with Gasteiger partial charge in [0.25, 0.3) is 5.69 Å². The van der Waals surface area contributed by atoms with Crippen molar-refractivity contribution in [3.05, 3.63) is 72.1 Å². The van der Waals surface area contributed by atoms with E-state index < -0.39 is 33.9 Å². The number of fused-ring (bicyclic) bond motifs is 1. The monoisotopic (exact) mass is 578 g/mol. The fourth-order valence-electron chi connectivity index (χ4n) is 3.82. The summed E-state index contributed by atoms with van der Waals surface area (Å²) < 4.78 is 20.8. The predicted octanol–water partition coefficient (Wildman–Crippen LogP) is 5.90. The number of ether oxygens (including phenoxy) is 1. The van der Waals surface area contributed by atoms with Gasteiger partial charge in [-0.25, -0.2) is 9.18 Å². The molecule has 0 bridgehead atoms. The van der Waals surface area contributed by atoms with E-state index in [0.29, 0.717) is 29.7 Å². The second kappa shape index (κ2) is 9.29. The van der Waals surface area contributed by atoms with Crippen LogP contribution in [-0.4, -0.2) is 50.2 Å². The van der Waals surface area contributed by atoms with Crippen molar-refractivity contribution in [2.24, 2.45) is 7.05 Å². The first kappa shape index (κ1) is 25.8. The van der Waals surface area contributed by atoms with Crippen LogP contribution in [0.4, 0.5) is 14.9 Å². The Morgan fingerprint density at radius 3 is 2.56 bits per heavy atom. The first-order valence-corrected chi connectivity index (χ1v) is 11.9. The number of hydrogen-bond acceptors (Lipinski definition) is 6. The van der Waals surface area contributed by atoms with Crippen LogP contribution in [0.2, 0.25) is 5.02 Å². The molecule has 1 aliphatic heterocycles. The van der Waals surface area contributed by atoms with Crippen LogP contribution in [0.1, 0.15) is 42.4 Å². The fraction of sp³-hybridized carbons (Fsp3) is 0.292. The second-order valence-electron chi connectivity index (χ2n) is 9.34. The molecule has 1 amide bonds. The first-order chi connectivity index (χ1) is 16.8. The van der Waals surface area contributed by atoms with Gasteiger partial charge in [-0.1, -0.05) is 11.6 Å². The third-order valence-electron chi connectivity index (χ3n) is 5.47. The van der Waals surface area contributed by atoms with Gasteiger partial charge in [0.2, 0.25) is 5.78 Å². The Kier molecular flexibility index (Phi) is 6.65. The van der Waals surface area contributed by atoms with Gasteiger partial charge < -0.3 is 9.64 Å².